The summed E-state index contributed by atoms with van der Waals surface area (Å²) in [5.74, 6) is 3.26. The molecule has 42 heavy (non-hydrogen) atoms. The molecule has 0 spiro atoms. The number of rotatable bonds is 5. The zero-order valence-corrected chi connectivity index (χ0v) is 26.1. The van der Waals surface area contributed by atoms with Gasteiger partial charge in [0, 0.05) is 42.5 Å². The van der Waals surface area contributed by atoms with E-state index >= 15 is 0 Å². The minimum Gasteiger partial charge on any atom is -0.509 e. The van der Waals surface area contributed by atoms with Crippen LogP contribution in [0, 0.1) is 26.0 Å². The molecule has 0 saturated carbocycles. The van der Waals surface area contributed by atoms with Crippen LogP contribution in [0.4, 0.5) is 23.0 Å². The second kappa shape index (κ2) is 12.1. The number of hydrogen-bond acceptors (Lipinski definition) is 5. The molecule has 0 unspecified atom stereocenters. The summed E-state index contributed by atoms with van der Waals surface area (Å²) >= 11 is 0. The largest absolute Gasteiger partial charge is 2.00 e. The van der Waals surface area contributed by atoms with Crippen LogP contribution in [0.25, 0.3) is 11.1 Å². The molecule has 2 aliphatic heterocycles. The van der Waals surface area contributed by atoms with E-state index in [9.17, 15) is 0 Å². The van der Waals surface area contributed by atoms with Gasteiger partial charge >= 0.3 is 21.1 Å². The number of benzene rings is 3. The molecule has 0 radical (unpaired) electrons. The van der Waals surface area contributed by atoms with Crippen molar-refractivity contribution in [1.82, 2.24) is 9.97 Å². The molecular formula is C36H32N4OPt. The summed E-state index contributed by atoms with van der Waals surface area (Å²) in [6.07, 6.45) is 8.08. The van der Waals surface area contributed by atoms with Crippen LogP contribution in [0.2, 0.25) is 0 Å². The standard InChI is InChI=1S/C36H32N4O.Pt/c1-25-16-17-37-35(20-25)39-18-6-10-28-12-14-30(22-33(28)39)41-31-15-13-29-11-7-19-40(34(29)23-31)36-21-26(2)32(24-38-36)27-8-4-3-5-9-27;/h3-5,8-9,12-17,20-21,24H,6-7,10-11,18-19H2,1-2H3;/q-2;+2. The third-order valence-corrected chi connectivity index (χ3v) is 8.01. The molecule has 0 saturated heterocycles. The van der Waals surface area contributed by atoms with E-state index in [0.717, 1.165) is 67.3 Å². The van der Waals surface area contributed by atoms with Crippen molar-refractivity contribution < 1.29 is 25.8 Å². The molecule has 7 rings (SSSR count). The van der Waals surface area contributed by atoms with Gasteiger partial charge in [-0.2, -0.15) is 12.1 Å². The third-order valence-electron chi connectivity index (χ3n) is 8.01. The molecule has 0 N–H and O–H groups in total. The first-order valence-corrected chi connectivity index (χ1v) is 14.4. The number of aromatic nitrogens is 2. The minimum absolute atomic E-state index is 0. The predicted molar refractivity (Wildman–Crippen MR) is 165 cm³/mol. The van der Waals surface area contributed by atoms with Gasteiger partial charge in [-0.05, 0) is 61.6 Å². The van der Waals surface area contributed by atoms with Gasteiger partial charge in [-0.15, -0.1) is 35.4 Å². The molecule has 4 heterocycles. The Labute approximate surface area is 262 Å². The molecular weight excluding hydrogens is 700 g/mol. The van der Waals surface area contributed by atoms with Gasteiger partial charge in [0.25, 0.3) is 0 Å². The van der Waals surface area contributed by atoms with Crippen LogP contribution in [0.15, 0.2) is 85.2 Å². The topological polar surface area (TPSA) is 41.5 Å². The summed E-state index contributed by atoms with van der Waals surface area (Å²) in [4.78, 5) is 14.1. The Hall–Kier alpha value is -3.95. The van der Waals surface area contributed by atoms with Gasteiger partial charge in [0.2, 0.25) is 0 Å². The SMILES string of the molecule is Cc1ccnc(N2CCCc3ccc(Oc4[c-]c5c(cc4)CCCN5c4cc(C)c(-c5ccccc5)cn4)[c-]c32)c1.[Pt+2]. The minimum atomic E-state index is 0. The van der Waals surface area contributed by atoms with E-state index in [4.69, 9.17) is 9.72 Å². The number of pyridine rings is 2. The Morgan fingerprint density at radius 2 is 1.33 bits per heavy atom. The molecule has 3 aromatic carbocycles. The van der Waals surface area contributed by atoms with Crippen molar-refractivity contribution in [2.24, 2.45) is 0 Å². The Balaban J connectivity index is 0.00000316. The van der Waals surface area contributed by atoms with Gasteiger partial charge in [-0.1, -0.05) is 54.5 Å². The molecule has 0 atom stereocenters. The maximum absolute atomic E-state index is 6.40. The molecule has 0 bridgehead atoms. The molecule has 5 aromatic rings. The Morgan fingerprint density at radius 3 is 1.93 bits per heavy atom. The number of ether oxygens (including phenoxy) is 1. The van der Waals surface area contributed by atoms with Crippen LogP contribution in [0.3, 0.4) is 0 Å². The van der Waals surface area contributed by atoms with E-state index in [1.165, 1.54) is 27.8 Å². The Kier molecular flexibility index (Phi) is 8.13. The molecule has 5 nitrogen and oxygen atoms in total. The van der Waals surface area contributed by atoms with E-state index in [-0.39, 0.29) is 21.1 Å². The number of fused-ring (bicyclic) bond motifs is 2. The molecule has 6 heteroatoms. The summed E-state index contributed by atoms with van der Waals surface area (Å²) in [5.41, 5.74) is 9.36. The van der Waals surface area contributed by atoms with Crippen LogP contribution in [-0.2, 0) is 33.9 Å². The summed E-state index contributed by atoms with van der Waals surface area (Å²) in [6, 6.07) is 32.3. The molecule has 2 aliphatic rings. The summed E-state index contributed by atoms with van der Waals surface area (Å²) < 4.78 is 6.40. The van der Waals surface area contributed by atoms with Gasteiger partial charge < -0.3 is 14.5 Å². The number of aryl methyl sites for hydroxylation is 4. The number of hydrogen-bond donors (Lipinski definition) is 0. The van der Waals surface area contributed by atoms with Crippen LogP contribution >= 0.6 is 0 Å². The molecule has 0 aliphatic carbocycles. The van der Waals surface area contributed by atoms with E-state index < -0.39 is 0 Å². The average Bonchev–Trinajstić information content (AvgIpc) is 3.01. The van der Waals surface area contributed by atoms with Crippen LogP contribution in [-0.4, -0.2) is 23.1 Å². The van der Waals surface area contributed by atoms with Crippen molar-refractivity contribution in [2.45, 2.75) is 39.5 Å². The Morgan fingerprint density at radius 1 is 0.714 bits per heavy atom. The van der Waals surface area contributed by atoms with Crippen molar-refractivity contribution in [1.29, 1.82) is 0 Å². The van der Waals surface area contributed by atoms with E-state index in [2.05, 4.69) is 89.3 Å². The third kappa shape index (κ3) is 5.58. The molecule has 0 fully saturated rings. The summed E-state index contributed by atoms with van der Waals surface area (Å²) in [7, 11) is 0. The van der Waals surface area contributed by atoms with Gasteiger partial charge in [-0.3, -0.25) is 0 Å². The van der Waals surface area contributed by atoms with Crippen LogP contribution in [0.5, 0.6) is 11.5 Å². The maximum Gasteiger partial charge on any atom is 2.00 e. The fraction of sp³-hybridized carbons (Fsp3) is 0.222. The van der Waals surface area contributed by atoms with Crippen molar-refractivity contribution in [3.63, 3.8) is 0 Å². The predicted octanol–water partition coefficient (Wildman–Crippen LogP) is 8.32. The van der Waals surface area contributed by atoms with Crippen molar-refractivity contribution in [2.75, 3.05) is 22.9 Å². The van der Waals surface area contributed by atoms with E-state index in [0.29, 0.717) is 11.5 Å². The number of anilines is 4. The fourth-order valence-electron chi connectivity index (χ4n) is 5.92. The van der Waals surface area contributed by atoms with Crippen molar-refractivity contribution in [3.8, 4) is 22.6 Å². The molecule has 2 aromatic heterocycles. The first-order valence-electron chi connectivity index (χ1n) is 14.4. The fourth-order valence-corrected chi connectivity index (χ4v) is 5.92. The maximum atomic E-state index is 6.40. The van der Waals surface area contributed by atoms with Gasteiger partial charge in [-0.25, -0.2) is 9.97 Å². The second-order valence-corrected chi connectivity index (χ2v) is 10.9. The van der Waals surface area contributed by atoms with Gasteiger partial charge in [0.15, 0.2) is 0 Å². The van der Waals surface area contributed by atoms with Crippen molar-refractivity contribution in [3.05, 3.63) is 120 Å². The smallest absolute Gasteiger partial charge is 0.509 e. The Bertz CT molecular complexity index is 1720. The zero-order chi connectivity index (χ0) is 27.8. The van der Waals surface area contributed by atoms with Crippen LogP contribution in [0.1, 0.15) is 35.1 Å². The van der Waals surface area contributed by atoms with Gasteiger partial charge in [0.05, 0.1) is 0 Å². The summed E-state index contributed by atoms with van der Waals surface area (Å²) in [5, 5.41) is 0. The number of nitrogens with zero attached hydrogens (tertiary/aromatic N) is 4. The molecule has 0 amide bonds. The second-order valence-electron chi connectivity index (χ2n) is 10.9. The molecule has 212 valence electrons. The quantitative estimate of drug-likeness (QED) is 0.170. The average molecular weight is 732 g/mol. The first-order chi connectivity index (χ1) is 20.1. The van der Waals surface area contributed by atoms with Crippen molar-refractivity contribution >= 4 is 23.0 Å². The van der Waals surface area contributed by atoms with E-state index in [1.54, 1.807) is 0 Å². The summed E-state index contributed by atoms with van der Waals surface area (Å²) in [6.45, 7) is 6.07. The monoisotopic (exact) mass is 731 g/mol. The van der Waals surface area contributed by atoms with Crippen LogP contribution < -0.4 is 14.5 Å². The first kappa shape index (κ1) is 28.2. The van der Waals surface area contributed by atoms with Gasteiger partial charge in [0.1, 0.15) is 11.6 Å². The van der Waals surface area contributed by atoms with E-state index in [1.807, 2.05) is 36.7 Å². The normalized spacial score (nSPS) is 14.0. The zero-order valence-electron chi connectivity index (χ0n) is 23.8.